The van der Waals surface area contributed by atoms with E-state index >= 15 is 0 Å². The molecule has 6 heteroatoms. The summed E-state index contributed by atoms with van der Waals surface area (Å²) in [6.45, 7) is 3.62. The smallest absolute Gasteiger partial charge is 0.279 e. The summed E-state index contributed by atoms with van der Waals surface area (Å²) < 4.78 is 26.8. The second kappa shape index (κ2) is 6.37. The highest BCUT2D eigenvalue weighted by Gasteiger charge is 2.36. The normalized spacial score (nSPS) is 17.9. The molecule has 126 valence electrons. The molecule has 0 aliphatic carbocycles. The van der Waals surface area contributed by atoms with E-state index in [-0.39, 0.29) is 11.5 Å². The molecule has 1 aliphatic rings. The first-order chi connectivity index (χ1) is 11.4. The van der Waals surface area contributed by atoms with Gasteiger partial charge in [0.15, 0.2) is 0 Å². The number of aliphatic hydroxyl groups excluding tert-OH is 1. The van der Waals surface area contributed by atoms with E-state index < -0.39 is 16.1 Å². The van der Waals surface area contributed by atoms with E-state index in [4.69, 9.17) is 0 Å². The van der Waals surface area contributed by atoms with Gasteiger partial charge in [0, 0.05) is 6.42 Å². The Labute approximate surface area is 142 Å². The van der Waals surface area contributed by atoms with Crippen molar-refractivity contribution in [2.24, 2.45) is 5.10 Å². The summed E-state index contributed by atoms with van der Waals surface area (Å²) in [5.41, 5.74) is 3.66. The Bertz CT molecular complexity index is 856. The fraction of sp³-hybridized carbons (Fsp3) is 0.278. The number of sulfonamides is 1. The molecule has 0 radical (unpaired) electrons. The molecule has 1 atom stereocenters. The van der Waals surface area contributed by atoms with Crippen LogP contribution in [0.25, 0.3) is 0 Å². The average Bonchev–Trinajstić information content (AvgIpc) is 3.01. The molecule has 2 aromatic rings. The number of benzene rings is 2. The lowest BCUT2D eigenvalue weighted by atomic mass is 10.0. The number of rotatable bonds is 4. The van der Waals surface area contributed by atoms with Gasteiger partial charge in [-0.2, -0.15) is 17.9 Å². The molecule has 0 bridgehead atoms. The van der Waals surface area contributed by atoms with Crippen molar-refractivity contribution in [3.05, 3.63) is 65.2 Å². The molecule has 5 nitrogen and oxygen atoms in total. The lowest BCUT2D eigenvalue weighted by Crippen LogP contribution is -2.35. The Hall–Kier alpha value is -2.18. The maximum absolute atomic E-state index is 12.9. The fourth-order valence-corrected chi connectivity index (χ4v) is 4.10. The number of nitrogens with zero attached hydrogens (tertiary/aromatic N) is 2. The first-order valence-electron chi connectivity index (χ1n) is 7.78. The summed E-state index contributed by atoms with van der Waals surface area (Å²) in [4.78, 5) is 0.181. The molecule has 1 unspecified atom stereocenters. The van der Waals surface area contributed by atoms with E-state index in [0.29, 0.717) is 12.1 Å². The van der Waals surface area contributed by atoms with E-state index in [2.05, 4.69) is 5.10 Å². The molecule has 0 saturated heterocycles. The van der Waals surface area contributed by atoms with Crippen molar-refractivity contribution < 1.29 is 13.5 Å². The van der Waals surface area contributed by atoms with Gasteiger partial charge in [0.25, 0.3) is 10.0 Å². The maximum Gasteiger partial charge on any atom is 0.279 e. The van der Waals surface area contributed by atoms with E-state index in [1.54, 1.807) is 24.3 Å². The van der Waals surface area contributed by atoms with Gasteiger partial charge < -0.3 is 5.11 Å². The highest BCUT2D eigenvalue weighted by molar-refractivity contribution is 7.89. The third kappa shape index (κ3) is 3.07. The molecule has 1 aliphatic heterocycles. The molecule has 0 fully saturated rings. The SMILES string of the molecule is Cc1ccc(C2=NN(S(=O)(=O)c3ccc(C)cc3)C(CO)C2)cc1. The Morgan fingerprint density at radius 2 is 1.58 bits per heavy atom. The molecule has 1 heterocycles. The molecule has 0 amide bonds. The summed E-state index contributed by atoms with van der Waals surface area (Å²) in [6, 6.07) is 13.8. The van der Waals surface area contributed by atoms with Crippen molar-refractivity contribution in [1.29, 1.82) is 0 Å². The molecule has 24 heavy (non-hydrogen) atoms. The molecule has 1 N–H and O–H groups in total. The van der Waals surface area contributed by atoms with Gasteiger partial charge in [-0.05, 0) is 31.5 Å². The standard InChI is InChI=1S/C18H20N2O3S/c1-13-3-7-15(8-4-13)18-11-16(12-21)20(19-18)24(22,23)17-9-5-14(2)6-10-17/h3-10,16,21H,11-12H2,1-2H3. The molecule has 3 rings (SSSR count). The van der Waals surface area contributed by atoms with Crippen LogP contribution in [0.5, 0.6) is 0 Å². The van der Waals surface area contributed by atoms with Crippen LogP contribution in [0.15, 0.2) is 58.5 Å². The van der Waals surface area contributed by atoms with Crippen molar-refractivity contribution in [3.63, 3.8) is 0 Å². The molecule has 0 aromatic heterocycles. The van der Waals surface area contributed by atoms with Gasteiger partial charge in [0.2, 0.25) is 0 Å². The van der Waals surface area contributed by atoms with Crippen LogP contribution >= 0.6 is 0 Å². The van der Waals surface area contributed by atoms with Crippen LogP contribution in [0.3, 0.4) is 0 Å². The topological polar surface area (TPSA) is 70.0 Å². The Morgan fingerprint density at radius 1 is 1.04 bits per heavy atom. The highest BCUT2D eigenvalue weighted by atomic mass is 32.2. The highest BCUT2D eigenvalue weighted by Crippen LogP contribution is 2.27. The zero-order valence-electron chi connectivity index (χ0n) is 13.7. The van der Waals surface area contributed by atoms with Crippen LogP contribution < -0.4 is 0 Å². The van der Waals surface area contributed by atoms with Crippen LogP contribution in [-0.2, 0) is 10.0 Å². The van der Waals surface area contributed by atoms with Crippen molar-refractivity contribution in [2.75, 3.05) is 6.61 Å². The molecular weight excluding hydrogens is 324 g/mol. The minimum absolute atomic E-state index is 0.181. The first-order valence-corrected chi connectivity index (χ1v) is 9.22. The minimum Gasteiger partial charge on any atom is -0.394 e. The summed E-state index contributed by atoms with van der Waals surface area (Å²) in [5, 5.41) is 13.9. The number of hydrazone groups is 1. The minimum atomic E-state index is -3.78. The second-order valence-corrected chi connectivity index (χ2v) is 7.84. The number of aliphatic hydroxyl groups is 1. The average molecular weight is 344 g/mol. The van der Waals surface area contributed by atoms with Crippen LogP contribution in [0.1, 0.15) is 23.1 Å². The zero-order valence-corrected chi connectivity index (χ0v) is 14.5. The maximum atomic E-state index is 12.9. The molecule has 0 spiro atoms. The fourth-order valence-electron chi connectivity index (χ4n) is 2.67. The van der Waals surface area contributed by atoms with Crippen molar-refractivity contribution in [1.82, 2.24) is 4.41 Å². The third-order valence-corrected chi connectivity index (χ3v) is 5.86. The van der Waals surface area contributed by atoms with E-state index in [9.17, 15) is 13.5 Å². The van der Waals surface area contributed by atoms with Gasteiger partial charge in [-0.1, -0.05) is 47.5 Å². The monoisotopic (exact) mass is 344 g/mol. The number of aryl methyl sites for hydroxylation is 2. The van der Waals surface area contributed by atoms with Gasteiger partial charge in [-0.25, -0.2) is 0 Å². The van der Waals surface area contributed by atoms with Crippen molar-refractivity contribution in [3.8, 4) is 0 Å². The van der Waals surface area contributed by atoms with Gasteiger partial charge in [-0.15, -0.1) is 0 Å². The second-order valence-electron chi connectivity index (χ2n) is 6.04. The van der Waals surface area contributed by atoms with Crippen molar-refractivity contribution in [2.45, 2.75) is 31.2 Å². The van der Waals surface area contributed by atoms with Crippen LogP contribution in [0.2, 0.25) is 0 Å². The quantitative estimate of drug-likeness (QED) is 0.926. The van der Waals surface area contributed by atoms with Crippen LogP contribution in [0.4, 0.5) is 0 Å². The summed E-state index contributed by atoms with van der Waals surface area (Å²) in [6.07, 6.45) is 0.394. The van der Waals surface area contributed by atoms with Gasteiger partial charge in [-0.3, -0.25) is 0 Å². The predicted octanol–water partition coefficient (Wildman–Crippen LogP) is 2.46. The largest absolute Gasteiger partial charge is 0.394 e. The third-order valence-electron chi connectivity index (χ3n) is 4.12. The lowest BCUT2D eigenvalue weighted by Gasteiger charge is -2.21. The van der Waals surface area contributed by atoms with E-state index in [1.165, 1.54) is 0 Å². The van der Waals surface area contributed by atoms with Crippen molar-refractivity contribution >= 4 is 15.7 Å². The molecular formula is C18H20N2O3S. The van der Waals surface area contributed by atoms with Gasteiger partial charge in [0.1, 0.15) is 0 Å². The van der Waals surface area contributed by atoms with Gasteiger partial charge >= 0.3 is 0 Å². The summed E-state index contributed by atoms with van der Waals surface area (Å²) in [7, 11) is -3.78. The zero-order chi connectivity index (χ0) is 17.3. The van der Waals surface area contributed by atoms with Crippen LogP contribution in [0, 0.1) is 13.8 Å². The van der Waals surface area contributed by atoms with Crippen LogP contribution in [-0.4, -0.2) is 36.3 Å². The Kier molecular flexibility index (Phi) is 4.43. The van der Waals surface area contributed by atoms with Gasteiger partial charge in [0.05, 0.1) is 23.3 Å². The number of hydrogen-bond acceptors (Lipinski definition) is 4. The first kappa shape index (κ1) is 16.7. The molecule has 2 aromatic carbocycles. The van der Waals surface area contributed by atoms with E-state index in [1.807, 2.05) is 38.1 Å². The van der Waals surface area contributed by atoms with E-state index in [0.717, 1.165) is 21.1 Å². The summed E-state index contributed by atoms with van der Waals surface area (Å²) >= 11 is 0. The molecule has 0 saturated carbocycles. The lowest BCUT2D eigenvalue weighted by molar-refractivity contribution is 0.205. The Morgan fingerprint density at radius 3 is 2.12 bits per heavy atom. The number of hydrogen-bond donors (Lipinski definition) is 1. The summed E-state index contributed by atoms with van der Waals surface area (Å²) in [5.74, 6) is 0. The Balaban J connectivity index is 1.98. The predicted molar refractivity (Wildman–Crippen MR) is 93.4 cm³/mol.